The van der Waals surface area contributed by atoms with Crippen LogP contribution in [0.1, 0.15) is 78.6 Å². The van der Waals surface area contributed by atoms with Gasteiger partial charge in [0.2, 0.25) is 17.6 Å². The van der Waals surface area contributed by atoms with Crippen LogP contribution in [-0.4, -0.2) is 69.1 Å². The maximum atomic E-state index is 14.0. The van der Waals surface area contributed by atoms with Crippen molar-refractivity contribution in [2.75, 3.05) is 6.54 Å². The Hall–Kier alpha value is -2.07. The van der Waals surface area contributed by atoms with E-state index in [1.165, 1.54) is 4.90 Å². The van der Waals surface area contributed by atoms with E-state index in [0.717, 1.165) is 51.4 Å². The van der Waals surface area contributed by atoms with Crippen molar-refractivity contribution in [2.24, 2.45) is 29.4 Å². The summed E-state index contributed by atoms with van der Waals surface area (Å²) in [7, 11) is 0. The van der Waals surface area contributed by atoms with Crippen LogP contribution in [0, 0.1) is 23.7 Å². The molecule has 0 aromatic rings. The van der Waals surface area contributed by atoms with Crippen molar-refractivity contribution in [2.45, 2.75) is 107 Å². The van der Waals surface area contributed by atoms with Crippen LogP contribution >= 0.6 is 23.2 Å². The van der Waals surface area contributed by atoms with Crippen LogP contribution in [0.4, 0.5) is 4.79 Å². The number of nitrogens with one attached hydrogen (secondary N) is 2. The molecule has 4 N–H and O–H groups in total. The topological polar surface area (TPSA) is 148 Å². The van der Waals surface area contributed by atoms with Gasteiger partial charge < -0.3 is 26.0 Å². The van der Waals surface area contributed by atoms with E-state index in [2.05, 4.69) is 10.6 Å². The third kappa shape index (κ3) is 6.64. The SMILES string of the molecule is CC(C)(C)OC(=O)NC(C(=O)N1CC2C(C1C(=O)NC(CC1CCC1)C(=O)C(N)=O)C2(Cl)Cl)C1CCCCC1. The molecule has 1 saturated heterocycles. The Bertz CT molecular complexity index is 1000. The first-order chi connectivity index (χ1) is 18.2. The average molecular weight is 588 g/mol. The van der Waals surface area contributed by atoms with Gasteiger partial charge in [-0.25, -0.2) is 4.79 Å². The minimum Gasteiger partial charge on any atom is -0.444 e. The normalized spacial score (nSPS) is 27.9. The van der Waals surface area contributed by atoms with E-state index >= 15 is 0 Å². The Labute approximate surface area is 239 Å². The fraction of sp³-hybridized carbons (Fsp3) is 0.815. The number of halogens is 2. The molecule has 12 heteroatoms. The first-order valence-corrected chi connectivity index (χ1v) is 14.8. The second-order valence-corrected chi connectivity index (χ2v) is 14.0. The maximum Gasteiger partial charge on any atom is 0.408 e. The number of Topliss-reactive ketones (excluding diaryl/α,β-unsaturated/α-hetero) is 1. The van der Waals surface area contributed by atoms with Crippen molar-refractivity contribution in [3.05, 3.63) is 0 Å². The first-order valence-electron chi connectivity index (χ1n) is 14.0. The fourth-order valence-corrected chi connectivity index (χ4v) is 7.14. The molecule has 3 saturated carbocycles. The van der Waals surface area contributed by atoms with Gasteiger partial charge in [0.25, 0.3) is 5.91 Å². The molecule has 1 aliphatic heterocycles. The number of hydrogen-bond donors (Lipinski definition) is 3. The Kier molecular flexibility index (Phi) is 8.76. The molecular formula is C27H40Cl2N4O6. The summed E-state index contributed by atoms with van der Waals surface area (Å²) in [5.74, 6) is -3.75. The van der Waals surface area contributed by atoms with Crippen molar-refractivity contribution in [3.63, 3.8) is 0 Å². The number of carbonyl (C=O) groups is 5. The first kappa shape index (κ1) is 29.9. The molecule has 0 aromatic carbocycles. The van der Waals surface area contributed by atoms with E-state index in [9.17, 15) is 24.0 Å². The van der Waals surface area contributed by atoms with Gasteiger partial charge in [0.15, 0.2) is 0 Å². The van der Waals surface area contributed by atoms with Crippen molar-refractivity contribution in [1.82, 2.24) is 15.5 Å². The molecule has 4 amide bonds. The zero-order valence-corrected chi connectivity index (χ0v) is 24.4. The number of nitrogens with zero attached hydrogens (tertiary/aromatic N) is 1. The van der Waals surface area contributed by atoms with Crippen molar-refractivity contribution in [3.8, 4) is 0 Å². The number of primary amides is 1. The number of hydrogen-bond acceptors (Lipinski definition) is 6. The third-order valence-electron chi connectivity index (χ3n) is 8.61. The smallest absolute Gasteiger partial charge is 0.408 e. The van der Waals surface area contributed by atoms with Gasteiger partial charge in [-0.3, -0.25) is 19.2 Å². The lowest BCUT2D eigenvalue weighted by atomic mass is 9.80. The number of fused-ring (bicyclic) bond motifs is 1. The Balaban J connectivity index is 1.55. The molecule has 0 spiro atoms. The van der Waals surface area contributed by atoms with Gasteiger partial charge in [0.05, 0.1) is 6.04 Å². The zero-order valence-electron chi connectivity index (χ0n) is 22.8. The zero-order chi connectivity index (χ0) is 28.7. The van der Waals surface area contributed by atoms with E-state index in [4.69, 9.17) is 33.7 Å². The summed E-state index contributed by atoms with van der Waals surface area (Å²) >= 11 is 13.0. The fourth-order valence-electron chi connectivity index (χ4n) is 6.32. The summed E-state index contributed by atoms with van der Waals surface area (Å²) in [6.07, 6.45) is 6.89. The molecule has 3 aliphatic carbocycles. The van der Waals surface area contributed by atoms with E-state index in [-0.39, 0.29) is 24.3 Å². The van der Waals surface area contributed by atoms with Crippen molar-refractivity contribution < 1.29 is 28.7 Å². The number of alkyl carbamates (subject to hydrolysis) is 1. The van der Waals surface area contributed by atoms with Gasteiger partial charge in [-0.05, 0) is 51.9 Å². The van der Waals surface area contributed by atoms with E-state index < -0.39 is 63.6 Å². The number of amides is 4. The molecule has 5 atom stereocenters. The molecule has 10 nitrogen and oxygen atoms in total. The van der Waals surface area contributed by atoms with Crippen LogP contribution in [0.2, 0.25) is 0 Å². The molecule has 39 heavy (non-hydrogen) atoms. The number of likely N-dealkylation sites (tertiary alicyclic amines) is 1. The van der Waals surface area contributed by atoms with Crippen LogP contribution < -0.4 is 16.4 Å². The molecule has 5 unspecified atom stereocenters. The van der Waals surface area contributed by atoms with Crippen LogP contribution in [0.5, 0.6) is 0 Å². The summed E-state index contributed by atoms with van der Waals surface area (Å²) in [4.78, 5) is 66.2. The lowest BCUT2D eigenvalue weighted by molar-refractivity contribution is -0.144. The van der Waals surface area contributed by atoms with E-state index in [0.29, 0.717) is 6.42 Å². The molecule has 0 bridgehead atoms. The Morgan fingerprint density at radius 2 is 1.64 bits per heavy atom. The molecule has 0 aromatic heterocycles. The van der Waals surface area contributed by atoms with Gasteiger partial charge in [0.1, 0.15) is 22.0 Å². The summed E-state index contributed by atoms with van der Waals surface area (Å²) < 4.78 is 4.25. The number of ether oxygens (including phenoxy) is 1. The highest BCUT2D eigenvalue weighted by Gasteiger charge is 2.74. The third-order valence-corrected chi connectivity index (χ3v) is 9.68. The molecule has 218 valence electrons. The summed E-state index contributed by atoms with van der Waals surface area (Å²) in [5.41, 5.74) is 4.52. The molecule has 4 rings (SSSR count). The van der Waals surface area contributed by atoms with Crippen LogP contribution in [-0.2, 0) is 23.9 Å². The van der Waals surface area contributed by atoms with Gasteiger partial charge >= 0.3 is 6.09 Å². The predicted molar refractivity (Wildman–Crippen MR) is 145 cm³/mol. The quantitative estimate of drug-likeness (QED) is 0.279. The summed E-state index contributed by atoms with van der Waals surface area (Å²) in [5, 5.41) is 5.48. The van der Waals surface area contributed by atoms with Crippen LogP contribution in [0.25, 0.3) is 0 Å². The van der Waals surface area contributed by atoms with Crippen molar-refractivity contribution in [1.29, 1.82) is 0 Å². The molecular weight excluding hydrogens is 547 g/mol. The highest BCUT2D eigenvalue weighted by atomic mass is 35.5. The molecule has 4 aliphatic rings. The second kappa shape index (κ2) is 11.4. The Morgan fingerprint density at radius 3 is 2.18 bits per heavy atom. The van der Waals surface area contributed by atoms with E-state index in [1.54, 1.807) is 20.8 Å². The summed E-state index contributed by atoms with van der Waals surface area (Å²) in [6, 6.07) is -3.01. The predicted octanol–water partition coefficient (Wildman–Crippen LogP) is 2.82. The Morgan fingerprint density at radius 1 is 1.00 bits per heavy atom. The van der Waals surface area contributed by atoms with Crippen molar-refractivity contribution >= 4 is 52.8 Å². The highest BCUT2D eigenvalue weighted by Crippen LogP contribution is 2.65. The maximum absolute atomic E-state index is 14.0. The lowest BCUT2D eigenvalue weighted by Crippen LogP contribution is -2.60. The standard InChI is InChI=1S/C27H40Cl2N4O6/c1-26(2,3)39-25(38)32-19(15-10-5-4-6-11-15)24(37)33-13-16-18(27(16,28)29)20(33)23(36)31-17(21(34)22(30)35)12-14-8-7-9-14/h14-20H,4-13H2,1-3H3,(H2,30,35)(H,31,36)(H,32,38). The van der Waals surface area contributed by atoms with Crippen LogP contribution in [0.3, 0.4) is 0 Å². The second-order valence-electron chi connectivity index (χ2n) is 12.6. The van der Waals surface area contributed by atoms with Gasteiger partial charge in [-0.15, -0.1) is 23.2 Å². The average Bonchev–Trinajstić information content (AvgIpc) is 3.15. The monoisotopic (exact) mass is 586 g/mol. The minimum atomic E-state index is -1.19. The van der Waals surface area contributed by atoms with Gasteiger partial charge in [-0.2, -0.15) is 0 Å². The number of rotatable bonds is 9. The lowest BCUT2D eigenvalue weighted by Gasteiger charge is -2.37. The van der Waals surface area contributed by atoms with Gasteiger partial charge in [0, 0.05) is 18.4 Å². The number of alkyl halides is 2. The summed E-state index contributed by atoms with van der Waals surface area (Å²) in [6.45, 7) is 5.37. The number of ketones is 1. The minimum absolute atomic E-state index is 0.112. The highest BCUT2D eigenvalue weighted by molar-refractivity contribution is 6.51. The van der Waals surface area contributed by atoms with E-state index in [1.807, 2.05) is 0 Å². The van der Waals surface area contributed by atoms with Crippen LogP contribution in [0.15, 0.2) is 0 Å². The van der Waals surface area contributed by atoms with Gasteiger partial charge in [-0.1, -0.05) is 38.5 Å². The molecule has 0 radical (unpaired) electrons. The largest absolute Gasteiger partial charge is 0.444 e. The number of carbonyl (C=O) groups excluding carboxylic acids is 5. The molecule has 1 heterocycles. The number of piperidine rings is 1. The molecule has 4 fully saturated rings. The number of nitrogens with two attached hydrogens (primary N) is 1.